The topological polar surface area (TPSA) is 97.2 Å². The summed E-state index contributed by atoms with van der Waals surface area (Å²) in [6, 6.07) is 12.5. The van der Waals surface area contributed by atoms with E-state index < -0.39 is 10.0 Å². The van der Waals surface area contributed by atoms with Gasteiger partial charge in [0.05, 0.1) is 5.69 Å². The van der Waals surface area contributed by atoms with Gasteiger partial charge in [0.15, 0.2) is 0 Å². The van der Waals surface area contributed by atoms with Crippen LogP contribution in [0.25, 0.3) is 5.69 Å². The second-order valence-corrected chi connectivity index (χ2v) is 8.59. The molecule has 8 nitrogen and oxygen atoms in total. The van der Waals surface area contributed by atoms with Crippen molar-refractivity contribution in [2.45, 2.75) is 24.7 Å². The summed E-state index contributed by atoms with van der Waals surface area (Å²) in [5, 5.41) is 4.31. The molecule has 0 radical (unpaired) electrons. The van der Waals surface area contributed by atoms with Gasteiger partial charge in [-0.25, -0.2) is 13.1 Å². The number of aromatic nitrogens is 3. The second-order valence-electron chi connectivity index (χ2n) is 6.94. The molecule has 0 aliphatic carbocycles. The summed E-state index contributed by atoms with van der Waals surface area (Å²) < 4.78 is 28.6. The van der Waals surface area contributed by atoms with Crippen LogP contribution in [0, 0.1) is 6.92 Å². The van der Waals surface area contributed by atoms with Gasteiger partial charge in [0, 0.05) is 12.2 Å². The van der Waals surface area contributed by atoms with E-state index in [9.17, 15) is 13.2 Å². The third kappa shape index (κ3) is 2.50. The summed E-state index contributed by atoms with van der Waals surface area (Å²) >= 11 is 0. The van der Waals surface area contributed by atoms with E-state index in [1.807, 2.05) is 19.1 Å². The van der Waals surface area contributed by atoms with E-state index in [1.54, 1.807) is 23.1 Å². The van der Waals surface area contributed by atoms with Crippen molar-refractivity contribution in [3.05, 3.63) is 59.4 Å². The number of aryl methyl sites for hydroxylation is 2. The van der Waals surface area contributed by atoms with Crippen molar-refractivity contribution < 1.29 is 13.2 Å². The van der Waals surface area contributed by atoms with Crippen LogP contribution in [0.2, 0.25) is 0 Å². The van der Waals surface area contributed by atoms with Crippen LogP contribution in [-0.4, -0.2) is 35.6 Å². The highest BCUT2D eigenvalue weighted by atomic mass is 32.2. The van der Waals surface area contributed by atoms with E-state index >= 15 is 0 Å². The minimum Gasteiger partial charge on any atom is -0.305 e. The molecule has 9 heteroatoms. The zero-order valence-corrected chi connectivity index (χ0v) is 15.9. The predicted molar refractivity (Wildman–Crippen MR) is 103 cm³/mol. The van der Waals surface area contributed by atoms with Gasteiger partial charge >= 0.3 is 0 Å². The second kappa shape index (κ2) is 5.90. The van der Waals surface area contributed by atoms with Crippen LogP contribution in [0.4, 0.5) is 11.6 Å². The fraction of sp³-hybridized carbons (Fsp3) is 0.211. The Morgan fingerprint density at radius 3 is 2.82 bits per heavy atom. The number of anilines is 2. The van der Waals surface area contributed by atoms with Crippen LogP contribution in [0.1, 0.15) is 28.2 Å². The number of rotatable bonds is 1. The molecule has 2 aliphatic heterocycles. The summed E-state index contributed by atoms with van der Waals surface area (Å²) in [5.41, 5.74) is 3.50. The maximum Gasteiger partial charge on any atom is 0.298 e. The molecule has 0 saturated heterocycles. The lowest BCUT2D eigenvalue weighted by molar-refractivity contribution is 0.0975. The molecule has 2 aromatic carbocycles. The Kier molecular flexibility index (Phi) is 3.57. The maximum atomic E-state index is 13.1. The molecule has 1 N–H and O–H groups in total. The summed E-state index contributed by atoms with van der Waals surface area (Å²) in [6.45, 7) is 2.59. The molecule has 28 heavy (non-hydrogen) atoms. The molecule has 3 heterocycles. The Hall–Kier alpha value is -3.20. The van der Waals surface area contributed by atoms with Gasteiger partial charge in [0.2, 0.25) is 11.8 Å². The number of fused-ring (bicyclic) bond motifs is 4. The highest BCUT2D eigenvalue weighted by Crippen LogP contribution is 2.31. The Balaban J connectivity index is 1.58. The molecular weight excluding hydrogens is 378 g/mol. The minimum atomic E-state index is -3.74. The van der Waals surface area contributed by atoms with E-state index in [0.29, 0.717) is 12.2 Å². The first-order valence-corrected chi connectivity index (χ1v) is 10.4. The first-order chi connectivity index (χ1) is 13.4. The Morgan fingerprint density at radius 2 is 1.96 bits per heavy atom. The quantitative estimate of drug-likeness (QED) is 0.682. The summed E-state index contributed by atoms with van der Waals surface area (Å²) in [7, 11) is -3.74. The summed E-state index contributed by atoms with van der Waals surface area (Å²) in [5.74, 6) is -0.366. The van der Waals surface area contributed by atoms with Crippen molar-refractivity contribution in [1.82, 2.24) is 14.8 Å². The lowest BCUT2D eigenvalue weighted by atomic mass is 9.99. The molecule has 3 aromatic rings. The monoisotopic (exact) mass is 395 g/mol. The molecule has 0 atom stereocenters. The molecule has 0 fully saturated rings. The standard InChI is InChI=1S/C19H17N5O3S/c1-12-8-9-14-13(11-12)5-4-10-23(14)18(25)17-20-19-22-28(26,27)16-7-3-2-6-15(16)24(19)21-17/h2-3,6-9,11H,4-5,10H2,1H3,(H,20,21,22). The molecule has 2 aliphatic rings. The van der Waals surface area contributed by atoms with Crippen LogP contribution in [0.15, 0.2) is 47.4 Å². The number of carbonyl (C=O) groups excluding carboxylic acids is 1. The number of carbonyl (C=O) groups is 1. The maximum absolute atomic E-state index is 13.1. The zero-order chi connectivity index (χ0) is 19.5. The van der Waals surface area contributed by atoms with Crippen LogP contribution >= 0.6 is 0 Å². The van der Waals surface area contributed by atoms with Crippen LogP contribution in [0.5, 0.6) is 0 Å². The van der Waals surface area contributed by atoms with Gasteiger partial charge in [0.1, 0.15) is 4.90 Å². The molecule has 0 bridgehead atoms. The average Bonchev–Trinajstić information content (AvgIpc) is 3.10. The normalized spacial score (nSPS) is 16.5. The SMILES string of the molecule is Cc1ccc2c(c1)CCCN2C(=O)c1nc2n(n1)-c1ccccc1S(=O)(=O)N2. The molecule has 1 aromatic heterocycles. The van der Waals surface area contributed by atoms with Gasteiger partial charge in [0.25, 0.3) is 15.9 Å². The average molecular weight is 395 g/mol. The fourth-order valence-corrected chi connectivity index (χ4v) is 4.90. The van der Waals surface area contributed by atoms with Gasteiger partial charge in [-0.15, -0.1) is 5.10 Å². The van der Waals surface area contributed by atoms with Gasteiger partial charge in [-0.2, -0.15) is 9.67 Å². The Morgan fingerprint density at radius 1 is 1.14 bits per heavy atom. The lowest BCUT2D eigenvalue weighted by Gasteiger charge is -2.28. The van der Waals surface area contributed by atoms with Crippen molar-refractivity contribution in [2.24, 2.45) is 0 Å². The van der Waals surface area contributed by atoms with Crippen molar-refractivity contribution in [3.8, 4) is 5.69 Å². The molecule has 5 rings (SSSR count). The zero-order valence-electron chi connectivity index (χ0n) is 15.1. The van der Waals surface area contributed by atoms with Gasteiger partial charge in [-0.05, 0) is 43.5 Å². The largest absolute Gasteiger partial charge is 0.305 e. The van der Waals surface area contributed by atoms with E-state index in [-0.39, 0.29) is 22.6 Å². The Bertz CT molecular complexity index is 1230. The number of nitrogens with zero attached hydrogens (tertiary/aromatic N) is 4. The molecular formula is C19H17N5O3S. The van der Waals surface area contributed by atoms with Crippen molar-refractivity contribution in [1.29, 1.82) is 0 Å². The first kappa shape index (κ1) is 16.9. The Labute approximate surface area is 161 Å². The molecule has 142 valence electrons. The van der Waals surface area contributed by atoms with E-state index in [1.165, 1.54) is 10.7 Å². The third-order valence-electron chi connectivity index (χ3n) is 5.01. The van der Waals surface area contributed by atoms with E-state index in [4.69, 9.17) is 0 Å². The van der Waals surface area contributed by atoms with Gasteiger partial charge < -0.3 is 4.90 Å². The highest BCUT2D eigenvalue weighted by molar-refractivity contribution is 7.92. The van der Waals surface area contributed by atoms with Crippen molar-refractivity contribution >= 4 is 27.6 Å². The molecule has 0 spiro atoms. The number of hydrogen-bond donors (Lipinski definition) is 1. The molecule has 1 amide bonds. The number of benzene rings is 2. The smallest absolute Gasteiger partial charge is 0.298 e. The summed E-state index contributed by atoms with van der Waals surface area (Å²) in [6.07, 6.45) is 1.77. The van der Waals surface area contributed by atoms with Crippen molar-refractivity contribution in [2.75, 3.05) is 16.2 Å². The number of amides is 1. The third-order valence-corrected chi connectivity index (χ3v) is 6.38. The highest BCUT2D eigenvalue weighted by Gasteiger charge is 2.33. The van der Waals surface area contributed by atoms with E-state index in [0.717, 1.165) is 29.7 Å². The molecule has 0 unspecified atom stereocenters. The number of sulfonamides is 1. The fourth-order valence-electron chi connectivity index (χ4n) is 3.73. The van der Waals surface area contributed by atoms with Crippen LogP contribution in [-0.2, 0) is 16.4 Å². The predicted octanol–water partition coefficient (Wildman–Crippen LogP) is 2.28. The first-order valence-electron chi connectivity index (χ1n) is 8.95. The van der Waals surface area contributed by atoms with Gasteiger partial charge in [-0.3, -0.25) is 4.79 Å². The number of nitrogens with one attached hydrogen (secondary N) is 1. The van der Waals surface area contributed by atoms with Gasteiger partial charge in [-0.1, -0.05) is 29.8 Å². The number of para-hydroxylation sites is 1. The van der Waals surface area contributed by atoms with Crippen molar-refractivity contribution in [3.63, 3.8) is 0 Å². The number of hydrogen-bond acceptors (Lipinski definition) is 5. The van der Waals surface area contributed by atoms with Crippen LogP contribution in [0.3, 0.4) is 0 Å². The lowest BCUT2D eigenvalue weighted by Crippen LogP contribution is -2.36. The van der Waals surface area contributed by atoms with E-state index in [2.05, 4.69) is 20.9 Å². The summed E-state index contributed by atoms with van der Waals surface area (Å²) in [4.78, 5) is 19.1. The minimum absolute atomic E-state index is 0.0168. The van der Waals surface area contributed by atoms with Crippen LogP contribution < -0.4 is 9.62 Å². The molecule has 0 saturated carbocycles.